The zero-order valence-electron chi connectivity index (χ0n) is 12.2. The van der Waals surface area contributed by atoms with Gasteiger partial charge < -0.3 is 14.5 Å². The molecule has 3 heterocycles. The van der Waals surface area contributed by atoms with Gasteiger partial charge in [0.1, 0.15) is 5.82 Å². The third-order valence-electron chi connectivity index (χ3n) is 3.66. The maximum Gasteiger partial charge on any atom is 0.409 e. The number of hydrogen-bond acceptors (Lipinski definition) is 6. The van der Waals surface area contributed by atoms with Crippen molar-refractivity contribution in [3.63, 3.8) is 0 Å². The Kier molecular flexibility index (Phi) is 3.59. The molecule has 8 nitrogen and oxygen atoms in total. The van der Waals surface area contributed by atoms with Crippen LogP contribution in [-0.4, -0.2) is 64.1 Å². The van der Waals surface area contributed by atoms with E-state index in [1.807, 2.05) is 19.1 Å². The Balaban J connectivity index is 1.79. The minimum atomic E-state index is -0.269. The Morgan fingerprint density at radius 3 is 2.86 bits per heavy atom. The van der Waals surface area contributed by atoms with Gasteiger partial charge in [0.05, 0.1) is 7.11 Å². The number of ether oxygens (including phenoxy) is 1. The molecule has 1 aliphatic rings. The van der Waals surface area contributed by atoms with Gasteiger partial charge in [-0.05, 0) is 25.5 Å². The van der Waals surface area contributed by atoms with Crippen LogP contribution in [0.1, 0.15) is 12.2 Å². The van der Waals surface area contributed by atoms with Gasteiger partial charge in [-0.2, -0.15) is 4.52 Å². The van der Waals surface area contributed by atoms with Gasteiger partial charge in [-0.25, -0.2) is 4.79 Å². The highest BCUT2D eigenvalue weighted by molar-refractivity contribution is 5.67. The maximum absolute atomic E-state index is 11.6. The molecule has 0 N–H and O–H groups in total. The molecule has 1 saturated heterocycles. The van der Waals surface area contributed by atoms with Crippen molar-refractivity contribution in [2.45, 2.75) is 13.3 Å². The lowest BCUT2D eigenvalue weighted by Gasteiger charge is -2.22. The average molecular weight is 290 g/mol. The Morgan fingerprint density at radius 1 is 1.19 bits per heavy atom. The molecule has 1 fully saturated rings. The predicted molar refractivity (Wildman–Crippen MR) is 76.3 cm³/mol. The van der Waals surface area contributed by atoms with Crippen LogP contribution in [0.3, 0.4) is 0 Å². The highest BCUT2D eigenvalue weighted by atomic mass is 16.5. The summed E-state index contributed by atoms with van der Waals surface area (Å²) in [4.78, 5) is 15.5. The van der Waals surface area contributed by atoms with Gasteiger partial charge >= 0.3 is 6.09 Å². The first kappa shape index (κ1) is 13.6. The van der Waals surface area contributed by atoms with Crippen molar-refractivity contribution in [3.05, 3.63) is 18.0 Å². The van der Waals surface area contributed by atoms with Gasteiger partial charge in [-0.15, -0.1) is 15.3 Å². The Hall–Kier alpha value is -2.38. The highest BCUT2D eigenvalue weighted by Gasteiger charge is 2.20. The van der Waals surface area contributed by atoms with Crippen LogP contribution in [0.2, 0.25) is 0 Å². The summed E-state index contributed by atoms with van der Waals surface area (Å²) in [5, 5.41) is 12.6. The summed E-state index contributed by atoms with van der Waals surface area (Å²) in [7, 11) is 1.41. The van der Waals surface area contributed by atoms with E-state index in [1.54, 1.807) is 9.42 Å². The molecular formula is C13H18N6O2. The van der Waals surface area contributed by atoms with Gasteiger partial charge in [-0.3, -0.25) is 0 Å². The van der Waals surface area contributed by atoms with Gasteiger partial charge in [-0.1, -0.05) is 0 Å². The molecule has 2 aromatic heterocycles. The van der Waals surface area contributed by atoms with Gasteiger partial charge in [0, 0.05) is 26.2 Å². The first-order chi connectivity index (χ1) is 10.2. The second-order valence-corrected chi connectivity index (χ2v) is 5.01. The van der Waals surface area contributed by atoms with Crippen molar-refractivity contribution in [3.8, 4) is 0 Å². The number of nitrogens with zero attached hydrogens (tertiary/aromatic N) is 6. The molecule has 112 valence electrons. The molecule has 2 aromatic rings. The molecule has 21 heavy (non-hydrogen) atoms. The number of anilines is 1. The molecule has 0 bridgehead atoms. The number of rotatable bonds is 1. The van der Waals surface area contributed by atoms with E-state index in [0.29, 0.717) is 13.1 Å². The van der Waals surface area contributed by atoms with E-state index in [2.05, 4.69) is 20.2 Å². The van der Waals surface area contributed by atoms with E-state index in [0.717, 1.165) is 36.8 Å². The molecule has 1 amide bonds. The van der Waals surface area contributed by atoms with Crippen molar-refractivity contribution in [2.75, 3.05) is 38.2 Å². The molecule has 0 aliphatic carbocycles. The van der Waals surface area contributed by atoms with E-state index in [1.165, 1.54) is 7.11 Å². The molecule has 0 unspecified atom stereocenters. The Morgan fingerprint density at radius 2 is 2.05 bits per heavy atom. The van der Waals surface area contributed by atoms with Crippen molar-refractivity contribution in [1.82, 2.24) is 24.7 Å². The topological polar surface area (TPSA) is 75.9 Å². The monoisotopic (exact) mass is 290 g/mol. The fourth-order valence-electron chi connectivity index (χ4n) is 2.51. The van der Waals surface area contributed by atoms with Crippen molar-refractivity contribution >= 4 is 17.6 Å². The highest BCUT2D eigenvalue weighted by Crippen LogP contribution is 2.15. The predicted octanol–water partition coefficient (Wildman–Crippen LogP) is 0.711. The van der Waals surface area contributed by atoms with E-state index < -0.39 is 0 Å². The van der Waals surface area contributed by atoms with E-state index in [9.17, 15) is 4.79 Å². The van der Waals surface area contributed by atoms with E-state index in [-0.39, 0.29) is 6.09 Å². The van der Waals surface area contributed by atoms with Crippen LogP contribution in [0.15, 0.2) is 12.1 Å². The van der Waals surface area contributed by atoms with Crippen LogP contribution in [0.5, 0.6) is 0 Å². The van der Waals surface area contributed by atoms with Crippen molar-refractivity contribution in [2.24, 2.45) is 0 Å². The smallest absolute Gasteiger partial charge is 0.409 e. The van der Waals surface area contributed by atoms with Crippen molar-refractivity contribution in [1.29, 1.82) is 0 Å². The fraction of sp³-hybridized carbons (Fsp3) is 0.538. The Bertz CT molecular complexity index is 655. The van der Waals surface area contributed by atoms with Crippen LogP contribution in [0.4, 0.5) is 10.6 Å². The third kappa shape index (κ3) is 2.61. The molecule has 8 heteroatoms. The second kappa shape index (κ2) is 5.55. The first-order valence-corrected chi connectivity index (χ1v) is 6.96. The quantitative estimate of drug-likeness (QED) is 0.770. The summed E-state index contributed by atoms with van der Waals surface area (Å²) >= 11 is 0. The van der Waals surface area contributed by atoms with Crippen LogP contribution < -0.4 is 4.90 Å². The molecular weight excluding hydrogens is 272 g/mol. The SMILES string of the molecule is COC(=O)N1CCCN(c2ccc3nnc(C)n3n2)CC1. The van der Waals surface area contributed by atoms with Crippen LogP contribution in [0, 0.1) is 6.92 Å². The zero-order chi connectivity index (χ0) is 14.8. The standard InChI is InChI=1S/C13H18N6O2/c1-10-14-15-11-4-5-12(16-19(10)11)17-6-3-7-18(9-8-17)13(20)21-2/h4-5H,3,6-9H2,1-2H3. The lowest BCUT2D eigenvalue weighted by atomic mass is 10.3. The summed E-state index contributed by atoms with van der Waals surface area (Å²) < 4.78 is 6.52. The van der Waals surface area contributed by atoms with Gasteiger partial charge in [0.2, 0.25) is 0 Å². The summed E-state index contributed by atoms with van der Waals surface area (Å²) in [6, 6.07) is 3.85. The number of carbonyl (C=O) groups is 1. The lowest BCUT2D eigenvalue weighted by molar-refractivity contribution is 0.126. The maximum atomic E-state index is 11.6. The number of carbonyl (C=O) groups excluding carboxylic acids is 1. The fourth-order valence-corrected chi connectivity index (χ4v) is 2.51. The number of amides is 1. The van der Waals surface area contributed by atoms with Gasteiger partial charge in [0.15, 0.2) is 11.5 Å². The normalized spacial score (nSPS) is 16.1. The molecule has 0 aromatic carbocycles. The Labute approximate surface area is 122 Å². The summed E-state index contributed by atoms with van der Waals surface area (Å²) in [6.07, 6.45) is 0.616. The third-order valence-corrected chi connectivity index (χ3v) is 3.66. The molecule has 0 atom stereocenters. The first-order valence-electron chi connectivity index (χ1n) is 6.96. The van der Waals surface area contributed by atoms with Crippen molar-refractivity contribution < 1.29 is 9.53 Å². The number of fused-ring (bicyclic) bond motifs is 1. The molecule has 0 radical (unpaired) electrons. The van der Waals surface area contributed by atoms with Gasteiger partial charge in [0.25, 0.3) is 0 Å². The molecule has 0 saturated carbocycles. The summed E-state index contributed by atoms with van der Waals surface area (Å²) in [5.74, 6) is 1.63. The minimum Gasteiger partial charge on any atom is -0.453 e. The minimum absolute atomic E-state index is 0.269. The lowest BCUT2D eigenvalue weighted by Crippen LogP contribution is -2.35. The molecule has 0 spiro atoms. The second-order valence-electron chi connectivity index (χ2n) is 5.01. The summed E-state index contributed by atoms with van der Waals surface area (Å²) in [5.41, 5.74) is 0.738. The van der Waals surface area contributed by atoms with E-state index >= 15 is 0 Å². The molecule has 3 rings (SSSR count). The van der Waals surface area contributed by atoms with Crippen LogP contribution in [0.25, 0.3) is 5.65 Å². The van der Waals surface area contributed by atoms with E-state index in [4.69, 9.17) is 4.74 Å². The summed E-state index contributed by atoms with van der Waals surface area (Å²) in [6.45, 7) is 4.80. The number of hydrogen-bond donors (Lipinski definition) is 0. The number of methoxy groups -OCH3 is 1. The number of aryl methyl sites for hydroxylation is 1. The largest absolute Gasteiger partial charge is 0.453 e. The number of aromatic nitrogens is 4. The molecule has 1 aliphatic heterocycles. The van der Waals surface area contributed by atoms with Crippen LogP contribution >= 0.6 is 0 Å². The van der Waals surface area contributed by atoms with Crippen LogP contribution in [-0.2, 0) is 4.74 Å². The zero-order valence-corrected chi connectivity index (χ0v) is 12.2. The average Bonchev–Trinajstić information content (AvgIpc) is 2.74.